The summed E-state index contributed by atoms with van der Waals surface area (Å²) >= 11 is 0. The summed E-state index contributed by atoms with van der Waals surface area (Å²) in [7, 11) is 1.59. The van der Waals surface area contributed by atoms with E-state index >= 15 is 0 Å². The summed E-state index contributed by atoms with van der Waals surface area (Å²) in [5.41, 5.74) is 0.691. The van der Waals surface area contributed by atoms with Crippen molar-refractivity contribution in [3.8, 4) is 5.75 Å². The summed E-state index contributed by atoms with van der Waals surface area (Å²) in [5.74, 6) is 1.13. The summed E-state index contributed by atoms with van der Waals surface area (Å²) in [6, 6.07) is 7.73. The van der Waals surface area contributed by atoms with Crippen LogP contribution in [0.4, 0.5) is 10.5 Å². The van der Waals surface area contributed by atoms with Gasteiger partial charge in [0.05, 0.1) is 12.8 Å². The van der Waals surface area contributed by atoms with Gasteiger partial charge in [-0.2, -0.15) is 0 Å². The molecule has 0 aromatic heterocycles. The third-order valence-corrected chi connectivity index (χ3v) is 5.94. The average molecular weight is 373 g/mol. The van der Waals surface area contributed by atoms with Crippen LogP contribution in [-0.2, 0) is 4.79 Å². The van der Waals surface area contributed by atoms with E-state index in [1.54, 1.807) is 7.11 Å². The van der Waals surface area contributed by atoms with Crippen LogP contribution in [0.25, 0.3) is 0 Å². The SMILES string of the molecule is COc1ccccc1NC(=O)C1CCN(C(=O)NC2CCCCC2C)CC1. The molecule has 6 nitrogen and oxygen atoms in total. The lowest BCUT2D eigenvalue weighted by atomic mass is 9.86. The second-order valence-electron chi connectivity index (χ2n) is 7.77. The molecule has 0 bridgehead atoms. The van der Waals surface area contributed by atoms with Crippen LogP contribution in [0, 0.1) is 11.8 Å². The molecular weight excluding hydrogens is 342 g/mol. The van der Waals surface area contributed by atoms with Gasteiger partial charge in [0.1, 0.15) is 5.75 Å². The van der Waals surface area contributed by atoms with Crippen molar-refractivity contribution in [2.75, 3.05) is 25.5 Å². The molecule has 0 spiro atoms. The van der Waals surface area contributed by atoms with Gasteiger partial charge < -0.3 is 20.3 Å². The Morgan fingerprint density at radius 2 is 1.78 bits per heavy atom. The summed E-state index contributed by atoms with van der Waals surface area (Å²) in [6.07, 6.45) is 6.10. The molecular formula is C21H31N3O3. The lowest BCUT2D eigenvalue weighted by molar-refractivity contribution is -0.121. The van der Waals surface area contributed by atoms with Crippen LogP contribution in [0.2, 0.25) is 0 Å². The molecule has 27 heavy (non-hydrogen) atoms. The average Bonchev–Trinajstić information content (AvgIpc) is 2.70. The minimum absolute atomic E-state index is 0.000427. The first-order chi connectivity index (χ1) is 13.1. The van der Waals surface area contributed by atoms with Crippen LogP contribution in [0.1, 0.15) is 45.4 Å². The fourth-order valence-corrected chi connectivity index (χ4v) is 4.11. The number of para-hydroxylation sites is 2. The first kappa shape index (κ1) is 19.5. The molecule has 2 N–H and O–H groups in total. The van der Waals surface area contributed by atoms with Gasteiger partial charge in [0.2, 0.25) is 5.91 Å². The molecule has 2 unspecified atom stereocenters. The second kappa shape index (κ2) is 9.11. The number of carbonyl (C=O) groups is 2. The minimum Gasteiger partial charge on any atom is -0.495 e. The monoisotopic (exact) mass is 373 g/mol. The van der Waals surface area contributed by atoms with E-state index in [-0.39, 0.29) is 23.9 Å². The van der Waals surface area contributed by atoms with E-state index in [1.807, 2.05) is 29.2 Å². The molecule has 1 saturated heterocycles. The highest BCUT2D eigenvalue weighted by molar-refractivity contribution is 5.94. The Bertz CT molecular complexity index is 656. The lowest BCUT2D eigenvalue weighted by Crippen LogP contribution is -2.50. The molecule has 3 amide bonds. The van der Waals surface area contributed by atoms with Crippen LogP contribution in [0.5, 0.6) is 5.75 Å². The highest BCUT2D eigenvalue weighted by Gasteiger charge is 2.30. The first-order valence-electron chi connectivity index (χ1n) is 10.1. The highest BCUT2D eigenvalue weighted by atomic mass is 16.5. The Morgan fingerprint density at radius 1 is 1.07 bits per heavy atom. The van der Waals surface area contributed by atoms with Crippen LogP contribution in [-0.4, -0.2) is 43.1 Å². The maximum Gasteiger partial charge on any atom is 0.317 e. The van der Waals surface area contributed by atoms with Crippen molar-refractivity contribution in [3.63, 3.8) is 0 Å². The third kappa shape index (κ3) is 4.93. The number of amides is 3. The summed E-state index contributed by atoms with van der Waals surface area (Å²) in [6.45, 7) is 3.46. The Kier molecular flexibility index (Phi) is 6.58. The molecule has 1 aromatic carbocycles. The predicted octanol–water partition coefficient (Wildman–Crippen LogP) is 3.63. The molecule has 148 valence electrons. The van der Waals surface area contributed by atoms with E-state index in [0.717, 1.165) is 6.42 Å². The maximum absolute atomic E-state index is 12.6. The Balaban J connectivity index is 1.48. The van der Waals surface area contributed by atoms with Crippen molar-refractivity contribution in [2.24, 2.45) is 11.8 Å². The Hall–Kier alpha value is -2.24. The number of hydrogen-bond acceptors (Lipinski definition) is 3. The second-order valence-corrected chi connectivity index (χ2v) is 7.77. The lowest BCUT2D eigenvalue weighted by Gasteiger charge is -2.35. The summed E-state index contributed by atoms with van der Waals surface area (Å²) < 4.78 is 5.29. The van der Waals surface area contributed by atoms with Gasteiger partial charge >= 0.3 is 6.03 Å². The van der Waals surface area contributed by atoms with Crippen LogP contribution < -0.4 is 15.4 Å². The largest absolute Gasteiger partial charge is 0.495 e. The number of anilines is 1. The van der Waals surface area contributed by atoms with Crippen molar-refractivity contribution >= 4 is 17.6 Å². The molecule has 1 aliphatic carbocycles. The molecule has 1 aliphatic heterocycles. The maximum atomic E-state index is 12.6. The smallest absolute Gasteiger partial charge is 0.317 e. The molecule has 2 atom stereocenters. The molecule has 0 radical (unpaired) electrons. The molecule has 2 fully saturated rings. The van der Waals surface area contributed by atoms with Crippen LogP contribution >= 0.6 is 0 Å². The van der Waals surface area contributed by atoms with E-state index in [1.165, 1.54) is 19.3 Å². The fraction of sp³-hybridized carbons (Fsp3) is 0.619. The van der Waals surface area contributed by atoms with E-state index in [2.05, 4.69) is 17.6 Å². The first-order valence-corrected chi connectivity index (χ1v) is 10.1. The zero-order chi connectivity index (χ0) is 19.2. The van der Waals surface area contributed by atoms with E-state index in [4.69, 9.17) is 4.74 Å². The number of piperidine rings is 1. The van der Waals surface area contributed by atoms with Crippen molar-refractivity contribution in [1.29, 1.82) is 0 Å². The Morgan fingerprint density at radius 3 is 2.48 bits per heavy atom. The molecule has 3 rings (SSSR count). The molecule has 6 heteroatoms. The number of rotatable bonds is 4. The third-order valence-electron chi connectivity index (χ3n) is 5.94. The predicted molar refractivity (Wildman–Crippen MR) is 106 cm³/mol. The normalized spacial score (nSPS) is 23.6. The zero-order valence-electron chi connectivity index (χ0n) is 16.4. The van der Waals surface area contributed by atoms with Gasteiger partial charge in [-0.05, 0) is 43.7 Å². The quantitative estimate of drug-likeness (QED) is 0.847. The number of ether oxygens (including phenoxy) is 1. The van der Waals surface area contributed by atoms with Gasteiger partial charge in [0.15, 0.2) is 0 Å². The minimum atomic E-state index is -0.0763. The standard InChI is InChI=1S/C21H31N3O3/c1-15-7-3-4-8-17(15)23-21(26)24-13-11-16(12-14-24)20(25)22-18-9-5-6-10-19(18)27-2/h5-6,9-10,15-17H,3-4,7-8,11-14H2,1-2H3,(H,22,25)(H,23,26). The van der Waals surface area contributed by atoms with Gasteiger partial charge in [-0.3, -0.25) is 4.79 Å². The van der Waals surface area contributed by atoms with Crippen molar-refractivity contribution in [3.05, 3.63) is 24.3 Å². The van der Waals surface area contributed by atoms with Gasteiger partial charge in [-0.15, -0.1) is 0 Å². The van der Waals surface area contributed by atoms with Crippen molar-refractivity contribution in [1.82, 2.24) is 10.2 Å². The van der Waals surface area contributed by atoms with Gasteiger partial charge in [0.25, 0.3) is 0 Å². The number of nitrogens with zero attached hydrogens (tertiary/aromatic N) is 1. The number of likely N-dealkylation sites (tertiary alicyclic amines) is 1. The molecule has 1 heterocycles. The van der Waals surface area contributed by atoms with Gasteiger partial charge in [-0.1, -0.05) is 31.9 Å². The number of nitrogens with one attached hydrogen (secondary N) is 2. The van der Waals surface area contributed by atoms with Crippen molar-refractivity contribution < 1.29 is 14.3 Å². The zero-order valence-corrected chi connectivity index (χ0v) is 16.4. The topological polar surface area (TPSA) is 70.7 Å². The Labute approximate surface area is 161 Å². The molecule has 1 saturated carbocycles. The van der Waals surface area contributed by atoms with Gasteiger partial charge in [-0.25, -0.2) is 4.79 Å². The highest BCUT2D eigenvalue weighted by Crippen LogP contribution is 2.27. The van der Waals surface area contributed by atoms with E-state index in [0.29, 0.717) is 43.3 Å². The molecule has 1 aromatic rings. The fourth-order valence-electron chi connectivity index (χ4n) is 4.11. The van der Waals surface area contributed by atoms with Crippen molar-refractivity contribution in [2.45, 2.75) is 51.5 Å². The number of hydrogen-bond donors (Lipinski definition) is 2. The van der Waals surface area contributed by atoms with Gasteiger partial charge in [0, 0.05) is 25.0 Å². The number of benzene rings is 1. The number of urea groups is 1. The summed E-state index contributed by atoms with van der Waals surface area (Å²) in [4.78, 5) is 27.0. The van der Waals surface area contributed by atoms with Crippen LogP contribution in [0.3, 0.4) is 0 Å². The number of carbonyl (C=O) groups excluding carboxylic acids is 2. The summed E-state index contributed by atoms with van der Waals surface area (Å²) in [5, 5.41) is 6.17. The van der Waals surface area contributed by atoms with E-state index in [9.17, 15) is 9.59 Å². The van der Waals surface area contributed by atoms with Crippen LogP contribution in [0.15, 0.2) is 24.3 Å². The molecule has 2 aliphatic rings. The number of methoxy groups -OCH3 is 1. The van der Waals surface area contributed by atoms with E-state index < -0.39 is 0 Å².